The molecule has 1 aromatic heterocycles. The number of pyridine rings is 1. The molecule has 0 N–H and O–H groups in total. The summed E-state index contributed by atoms with van der Waals surface area (Å²) in [5.74, 6) is 0. The van der Waals surface area contributed by atoms with Crippen LogP contribution in [0.15, 0.2) is 53.6 Å². The largest absolute Gasteiger partial charge is 0.244 e. The van der Waals surface area contributed by atoms with E-state index in [9.17, 15) is 8.42 Å². The molecule has 0 saturated heterocycles. The molecule has 4 nitrogen and oxygen atoms in total. The van der Waals surface area contributed by atoms with E-state index in [1.165, 1.54) is 22.6 Å². The minimum atomic E-state index is -3.52. The lowest BCUT2D eigenvalue weighted by atomic mass is 10.2. The quantitative estimate of drug-likeness (QED) is 0.798. The molecule has 2 rings (SSSR count). The van der Waals surface area contributed by atoms with Crippen molar-refractivity contribution in [3.05, 3.63) is 59.4 Å². The van der Waals surface area contributed by atoms with Crippen LogP contribution in [0.5, 0.6) is 0 Å². The summed E-state index contributed by atoms with van der Waals surface area (Å²) in [6, 6.07) is 12.6. The average molecular weight is 311 g/mol. The molecular formula is C14H15ClN2O2S. The van der Waals surface area contributed by atoms with Crippen molar-refractivity contribution in [2.24, 2.45) is 0 Å². The summed E-state index contributed by atoms with van der Waals surface area (Å²) >= 11 is 5.73. The summed E-state index contributed by atoms with van der Waals surface area (Å²) in [7, 11) is -1.96. The van der Waals surface area contributed by atoms with Gasteiger partial charge in [-0.05, 0) is 24.1 Å². The second kappa shape index (κ2) is 6.35. The molecule has 0 spiro atoms. The van der Waals surface area contributed by atoms with Crippen LogP contribution in [0.1, 0.15) is 5.56 Å². The highest BCUT2D eigenvalue weighted by atomic mass is 35.5. The maximum atomic E-state index is 12.3. The summed E-state index contributed by atoms with van der Waals surface area (Å²) in [6.45, 7) is 0.409. The van der Waals surface area contributed by atoms with Crippen LogP contribution in [-0.4, -0.2) is 31.3 Å². The fraction of sp³-hybridized carbons (Fsp3) is 0.214. The molecule has 0 atom stereocenters. The van der Waals surface area contributed by atoms with Crippen molar-refractivity contribution >= 4 is 21.6 Å². The van der Waals surface area contributed by atoms with Crippen molar-refractivity contribution in [1.82, 2.24) is 9.29 Å². The zero-order valence-electron chi connectivity index (χ0n) is 11.0. The van der Waals surface area contributed by atoms with Crippen LogP contribution < -0.4 is 0 Å². The summed E-state index contributed by atoms with van der Waals surface area (Å²) in [4.78, 5) is 3.95. The van der Waals surface area contributed by atoms with Gasteiger partial charge in [0.15, 0.2) is 0 Å². The maximum Gasteiger partial charge on any atom is 0.242 e. The van der Waals surface area contributed by atoms with Gasteiger partial charge in [-0.15, -0.1) is 0 Å². The van der Waals surface area contributed by atoms with Gasteiger partial charge in [-0.25, -0.2) is 17.7 Å². The zero-order valence-corrected chi connectivity index (χ0v) is 12.6. The minimum absolute atomic E-state index is 0.160. The van der Waals surface area contributed by atoms with E-state index in [2.05, 4.69) is 4.98 Å². The van der Waals surface area contributed by atoms with E-state index in [-0.39, 0.29) is 10.0 Å². The maximum absolute atomic E-state index is 12.3. The highest BCUT2D eigenvalue weighted by Gasteiger charge is 2.20. The Balaban J connectivity index is 2.10. The molecule has 0 bridgehead atoms. The Labute approximate surface area is 124 Å². The third kappa shape index (κ3) is 3.56. The van der Waals surface area contributed by atoms with Crippen LogP contribution >= 0.6 is 11.6 Å². The van der Waals surface area contributed by atoms with Crippen LogP contribution in [0, 0.1) is 0 Å². The SMILES string of the molecule is CN(CCc1ccccc1)S(=O)(=O)c1ccnc(Cl)c1. The summed E-state index contributed by atoms with van der Waals surface area (Å²) in [5.41, 5.74) is 1.10. The van der Waals surface area contributed by atoms with Gasteiger partial charge in [-0.1, -0.05) is 41.9 Å². The van der Waals surface area contributed by atoms with Crippen molar-refractivity contribution in [3.8, 4) is 0 Å². The normalized spacial score (nSPS) is 11.8. The monoisotopic (exact) mass is 310 g/mol. The number of rotatable bonds is 5. The van der Waals surface area contributed by atoms with Crippen molar-refractivity contribution in [2.75, 3.05) is 13.6 Å². The lowest BCUT2D eigenvalue weighted by Gasteiger charge is -2.17. The topological polar surface area (TPSA) is 50.3 Å². The second-order valence-electron chi connectivity index (χ2n) is 4.38. The van der Waals surface area contributed by atoms with Gasteiger partial charge in [-0.2, -0.15) is 0 Å². The van der Waals surface area contributed by atoms with E-state index in [1.807, 2.05) is 30.3 Å². The third-order valence-corrected chi connectivity index (χ3v) is 5.02. The molecule has 6 heteroatoms. The van der Waals surface area contributed by atoms with E-state index in [0.29, 0.717) is 13.0 Å². The first-order valence-corrected chi connectivity index (χ1v) is 7.94. The van der Waals surface area contributed by atoms with Gasteiger partial charge in [0.05, 0.1) is 4.90 Å². The highest BCUT2D eigenvalue weighted by Crippen LogP contribution is 2.17. The molecule has 0 fully saturated rings. The predicted molar refractivity (Wildman–Crippen MR) is 79.2 cm³/mol. The van der Waals surface area contributed by atoms with Gasteiger partial charge < -0.3 is 0 Å². The van der Waals surface area contributed by atoms with Gasteiger partial charge in [0.1, 0.15) is 5.15 Å². The molecule has 20 heavy (non-hydrogen) atoms. The van der Waals surface area contributed by atoms with Crippen molar-refractivity contribution in [2.45, 2.75) is 11.3 Å². The van der Waals surface area contributed by atoms with E-state index in [4.69, 9.17) is 11.6 Å². The number of aromatic nitrogens is 1. The van der Waals surface area contributed by atoms with Crippen LogP contribution in [0.4, 0.5) is 0 Å². The van der Waals surface area contributed by atoms with Gasteiger partial charge >= 0.3 is 0 Å². The number of halogens is 1. The van der Waals surface area contributed by atoms with Crippen molar-refractivity contribution in [1.29, 1.82) is 0 Å². The Morgan fingerprint density at radius 2 is 1.90 bits per heavy atom. The van der Waals surface area contributed by atoms with Gasteiger partial charge in [0, 0.05) is 19.8 Å². The first kappa shape index (κ1) is 15.0. The molecule has 106 valence electrons. The summed E-state index contributed by atoms with van der Waals surface area (Å²) in [5, 5.41) is 0.169. The molecule has 0 aliphatic heterocycles. The molecule has 2 aromatic rings. The van der Waals surface area contributed by atoms with E-state index in [0.717, 1.165) is 5.56 Å². The number of sulfonamides is 1. The van der Waals surface area contributed by atoms with E-state index >= 15 is 0 Å². The molecule has 0 radical (unpaired) electrons. The van der Waals surface area contributed by atoms with Crippen molar-refractivity contribution < 1.29 is 8.42 Å². The first-order chi connectivity index (χ1) is 9.50. The Kier molecular flexibility index (Phi) is 4.75. The van der Waals surface area contributed by atoms with Crippen LogP contribution in [0.2, 0.25) is 5.15 Å². The Bertz CT molecular complexity index is 675. The molecular weight excluding hydrogens is 296 g/mol. The smallest absolute Gasteiger partial charge is 0.242 e. The Morgan fingerprint density at radius 3 is 2.55 bits per heavy atom. The third-order valence-electron chi connectivity index (χ3n) is 2.96. The summed E-state index contributed by atoms with van der Waals surface area (Å²) < 4.78 is 26.0. The molecule has 0 aliphatic carbocycles. The first-order valence-electron chi connectivity index (χ1n) is 6.12. The molecule has 1 aromatic carbocycles. The van der Waals surface area contributed by atoms with Gasteiger partial charge in [0.2, 0.25) is 10.0 Å². The van der Waals surface area contributed by atoms with Crippen LogP contribution in [-0.2, 0) is 16.4 Å². The number of hydrogen-bond acceptors (Lipinski definition) is 3. The number of hydrogen-bond donors (Lipinski definition) is 0. The van der Waals surface area contributed by atoms with E-state index < -0.39 is 10.0 Å². The molecule has 0 aliphatic rings. The standard InChI is InChI=1S/C14H15ClN2O2S/c1-17(10-8-12-5-3-2-4-6-12)20(18,19)13-7-9-16-14(15)11-13/h2-7,9,11H,8,10H2,1H3. The zero-order chi connectivity index (χ0) is 14.6. The fourth-order valence-electron chi connectivity index (χ4n) is 1.78. The highest BCUT2D eigenvalue weighted by molar-refractivity contribution is 7.89. The van der Waals surface area contributed by atoms with Gasteiger partial charge in [0.25, 0.3) is 0 Å². The molecule has 1 heterocycles. The lowest BCUT2D eigenvalue weighted by molar-refractivity contribution is 0.472. The van der Waals surface area contributed by atoms with Crippen LogP contribution in [0.3, 0.4) is 0 Å². The van der Waals surface area contributed by atoms with Gasteiger partial charge in [-0.3, -0.25) is 0 Å². The number of likely N-dealkylation sites (N-methyl/N-ethyl adjacent to an activating group) is 1. The van der Waals surface area contributed by atoms with E-state index in [1.54, 1.807) is 7.05 Å². The number of benzene rings is 1. The lowest BCUT2D eigenvalue weighted by Crippen LogP contribution is -2.29. The van der Waals surface area contributed by atoms with Crippen molar-refractivity contribution in [3.63, 3.8) is 0 Å². The number of nitrogens with zero attached hydrogens (tertiary/aromatic N) is 2. The fourth-order valence-corrected chi connectivity index (χ4v) is 3.20. The summed E-state index contributed by atoms with van der Waals surface area (Å²) in [6.07, 6.45) is 2.05. The minimum Gasteiger partial charge on any atom is -0.244 e. The second-order valence-corrected chi connectivity index (χ2v) is 6.81. The Morgan fingerprint density at radius 1 is 1.20 bits per heavy atom. The average Bonchev–Trinajstić information content (AvgIpc) is 2.45. The molecule has 0 unspecified atom stereocenters. The molecule has 0 amide bonds. The molecule has 0 saturated carbocycles. The predicted octanol–water partition coefficient (Wildman–Crippen LogP) is 2.60. The Hall–Kier alpha value is -1.43. The van der Waals surface area contributed by atoms with Crippen LogP contribution in [0.25, 0.3) is 0 Å².